The molecule has 1 amide bonds. The van der Waals surface area contributed by atoms with Crippen LogP contribution in [0.4, 0.5) is 11.4 Å². The van der Waals surface area contributed by atoms with Crippen LogP contribution in [-0.2, 0) is 4.79 Å². The number of hydrogen-bond donors (Lipinski definition) is 1. The van der Waals surface area contributed by atoms with E-state index in [2.05, 4.69) is 16.9 Å². The summed E-state index contributed by atoms with van der Waals surface area (Å²) in [6.07, 6.45) is 8.32. The zero-order valence-electron chi connectivity index (χ0n) is 17.2. The molecule has 2 aliphatic rings. The lowest BCUT2D eigenvalue weighted by atomic mass is 9.90. The third-order valence-electron chi connectivity index (χ3n) is 5.62. The number of carbonyl (C=O) groups is 1. The van der Waals surface area contributed by atoms with Crippen molar-refractivity contribution in [3.8, 4) is 17.0 Å². The van der Waals surface area contributed by atoms with Crippen LogP contribution in [0.5, 0.6) is 5.75 Å². The second-order valence-corrected chi connectivity index (χ2v) is 8.71. The molecule has 158 valence electrons. The molecule has 1 aliphatic heterocycles. The van der Waals surface area contributed by atoms with E-state index in [4.69, 9.17) is 14.8 Å². The third-order valence-corrected chi connectivity index (χ3v) is 6.43. The number of ether oxygens (including phenoxy) is 1. The topological polar surface area (TPSA) is 68.0 Å². The first-order chi connectivity index (χ1) is 15.3. The second kappa shape index (κ2) is 8.89. The largest absolute Gasteiger partial charge is 0.482 e. The lowest BCUT2D eigenvalue weighted by Crippen LogP contribution is -2.25. The summed E-state index contributed by atoms with van der Waals surface area (Å²) in [6, 6.07) is 15.7. The van der Waals surface area contributed by atoms with Crippen LogP contribution < -0.4 is 14.9 Å². The van der Waals surface area contributed by atoms with Crippen LogP contribution in [0.1, 0.15) is 32.1 Å². The molecule has 0 bridgehead atoms. The summed E-state index contributed by atoms with van der Waals surface area (Å²) in [4.78, 5) is 17.4. The van der Waals surface area contributed by atoms with E-state index in [1.54, 1.807) is 11.3 Å². The fourth-order valence-corrected chi connectivity index (χ4v) is 4.84. The van der Waals surface area contributed by atoms with Gasteiger partial charge in [-0.05, 0) is 49.1 Å². The maximum atomic E-state index is 11.7. The third kappa shape index (κ3) is 4.46. The molecular formula is C24H24N4O2S. The van der Waals surface area contributed by atoms with Gasteiger partial charge in [-0.1, -0.05) is 37.5 Å². The van der Waals surface area contributed by atoms with Crippen molar-refractivity contribution >= 4 is 34.8 Å². The molecule has 0 spiro atoms. The fourth-order valence-electron chi connectivity index (χ4n) is 3.99. The molecule has 1 saturated carbocycles. The molecule has 0 saturated heterocycles. The van der Waals surface area contributed by atoms with Crippen molar-refractivity contribution in [1.29, 1.82) is 0 Å². The first kappa shape index (κ1) is 19.8. The van der Waals surface area contributed by atoms with Gasteiger partial charge in [0.15, 0.2) is 6.61 Å². The number of thiazole rings is 1. The number of nitrogens with one attached hydrogen (secondary N) is 1. The van der Waals surface area contributed by atoms with Gasteiger partial charge in [0.1, 0.15) is 5.75 Å². The van der Waals surface area contributed by atoms with Crippen molar-refractivity contribution in [3.05, 3.63) is 58.7 Å². The van der Waals surface area contributed by atoms with Gasteiger partial charge < -0.3 is 10.1 Å². The van der Waals surface area contributed by atoms with E-state index in [-0.39, 0.29) is 12.5 Å². The number of benzene rings is 2. The molecule has 1 aliphatic carbocycles. The average molecular weight is 433 g/mol. The van der Waals surface area contributed by atoms with Gasteiger partial charge in [-0.15, -0.1) is 11.3 Å². The molecule has 6 nitrogen and oxygen atoms in total. The first-order valence-corrected chi connectivity index (χ1v) is 11.6. The van der Waals surface area contributed by atoms with Crippen molar-refractivity contribution in [2.75, 3.05) is 11.9 Å². The molecule has 1 aromatic heterocycles. The van der Waals surface area contributed by atoms with Gasteiger partial charge >= 0.3 is 0 Å². The minimum absolute atomic E-state index is 0.0522. The molecule has 0 radical (unpaired) electrons. The average Bonchev–Trinajstić information content (AvgIpc) is 3.21. The monoisotopic (exact) mass is 432 g/mol. The molecule has 0 atom stereocenters. The van der Waals surface area contributed by atoms with Crippen molar-refractivity contribution in [2.24, 2.45) is 16.0 Å². The van der Waals surface area contributed by atoms with Gasteiger partial charge in [-0.3, -0.25) is 4.79 Å². The zero-order valence-corrected chi connectivity index (χ0v) is 18.0. The normalized spacial score (nSPS) is 17.4. The molecule has 1 N–H and O–H groups in total. The minimum Gasteiger partial charge on any atom is -0.482 e. The van der Waals surface area contributed by atoms with Crippen LogP contribution in [0.25, 0.3) is 11.3 Å². The first-order valence-electron chi connectivity index (χ1n) is 10.7. The van der Waals surface area contributed by atoms with Crippen LogP contribution in [0.3, 0.4) is 0 Å². The molecule has 1 fully saturated rings. The number of rotatable bonds is 4. The van der Waals surface area contributed by atoms with Crippen molar-refractivity contribution < 1.29 is 9.53 Å². The Labute approximate surface area is 184 Å². The van der Waals surface area contributed by atoms with Gasteiger partial charge in [-0.25, -0.2) is 9.67 Å². The molecular weight excluding hydrogens is 408 g/mol. The van der Waals surface area contributed by atoms with Gasteiger partial charge in [0.05, 0.1) is 17.1 Å². The number of hydrogen-bond acceptors (Lipinski definition) is 5. The van der Waals surface area contributed by atoms with Gasteiger partial charge in [0, 0.05) is 17.2 Å². The summed E-state index contributed by atoms with van der Waals surface area (Å²) >= 11 is 1.55. The Morgan fingerprint density at radius 2 is 1.94 bits per heavy atom. The Morgan fingerprint density at radius 3 is 2.77 bits per heavy atom. The number of aromatic nitrogens is 1. The standard InChI is InChI=1S/C24H24N4O2S/c29-23-15-30-22-12-11-18(13-20(22)27-23)21-16-31-24(26-19-9-5-2-6-10-19)28(21)25-14-17-7-3-1-4-8-17/h2,5-6,9-14,16-17H,1,3-4,7-8,15H2,(H,27,29). The van der Waals surface area contributed by atoms with E-state index in [1.807, 2.05) is 53.2 Å². The number of fused-ring (bicyclic) bond motifs is 1. The minimum atomic E-state index is -0.141. The van der Waals surface area contributed by atoms with Crippen molar-refractivity contribution in [3.63, 3.8) is 0 Å². The van der Waals surface area contributed by atoms with Gasteiger partial charge in [0.2, 0.25) is 4.80 Å². The van der Waals surface area contributed by atoms with Crippen molar-refractivity contribution in [2.45, 2.75) is 32.1 Å². The SMILES string of the molecule is O=C1COc2ccc(-c3csc(=Nc4ccccc4)n3N=CC3CCCCC3)cc2N1. The summed E-state index contributed by atoms with van der Waals surface area (Å²) < 4.78 is 7.42. The molecule has 0 unspecified atom stereocenters. The highest BCUT2D eigenvalue weighted by atomic mass is 32.1. The smallest absolute Gasteiger partial charge is 0.262 e. The van der Waals surface area contributed by atoms with Crippen LogP contribution in [-0.4, -0.2) is 23.4 Å². The second-order valence-electron chi connectivity index (χ2n) is 7.87. The van der Waals surface area contributed by atoms with Crippen LogP contribution in [0.15, 0.2) is 64.0 Å². The number of anilines is 1. The van der Waals surface area contributed by atoms with E-state index in [0.29, 0.717) is 17.4 Å². The maximum Gasteiger partial charge on any atom is 0.262 e. The van der Waals surface area contributed by atoms with Crippen LogP contribution in [0, 0.1) is 5.92 Å². The highest BCUT2D eigenvalue weighted by Gasteiger charge is 2.18. The quantitative estimate of drug-likeness (QED) is 0.576. The molecule has 2 heterocycles. The van der Waals surface area contributed by atoms with Crippen molar-refractivity contribution in [1.82, 2.24) is 4.68 Å². The Bertz CT molecular complexity index is 1170. The number of carbonyl (C=O) groups excluding carboxylic acids is 1. The number of para-hydroxylation sites is 1. The van der Waals surface area contributed by atoms with Gasteiger partial charge in [-0.2, -0.15) is 5.10 Å². The lowest BCUT2D eigenvalue weighted by molar-refractivity contribution is -0.118. The molecule has 31 heavy (non-hydrogen) atoms. The van der Waals surface area contributed by atoms with E-state index in [1.165, 1.54) is 32.1 Å². The molecule has 5 rings (SSSR count). The Balaban J connectivity index is 1.57. The zero-order chi connectivity index (χ0) is 21.0. The Kier molecular flexibility index (Phi) is 5.67. The summed E-state index contributed by atoms with van der Waals surface area (Å²) in [5, 5.41) is 9.83. The summed E-state index contributed by atoms with van der Waals surface area (Å²) in [5.41, 5.74) is 3.47. The maximum absolute atomic E-state index is 11.7. The summed E-state index contributed by atoms with van der Waals surface area (Å²) in [6.45, 7) is 0.0522. The van der Waals surface area contributed by atoms with Crippen LogP contribution >= 0.6 is 11.3 Å². The molecule has 2 aromatic carbocycles. The van der Waals surface area contributed by atoms with E-state index in [0.717, 1.165) is 21.7 Å². The number of nitrogens with zero attached hydrogens (tertiary/aromatic N) is 3. The Morgan fingerprint density at radius 1 is 1.10 bits per heavy atom. The van der Waals surface area contributed by atoms with Gasteiger partial charge in [0.25, 0.3) is 5.91 Å². The lowest BCUT2D eigenvalue weighted by Gasteiger charge is -2.19. The Hall–Kier alpha value is -3.19. The van der Waals surface area contributed by atoms with Crippen LogP contribution in [0.2, 0.25) is 0 Å². The molecule has 3 aromatic rings. The predicted octanol–water partition coefficient (Wildman–Crippen LogP) is 5.19. The highest BCUT2D eigenvalue weighted by molar-refractivity contribution is 7.07. The van der Waals surface area contributed by atoms with E-state index >= 15 is 0 Å². The fraction of sp³-hybridized carbons (Fsp3) is 0.292. The highest BCUT2D eigenvalue weighted by Crippen LogP contribution is 2.33. The summed E-state index contributed by atoms with van der Waals surface area (Å²) in [7, 11) is 0. The number of amides is 1. The van der Waals surface area contributed by atoms with E-state index < -0.39 is 0 Å². The molecule has 7 heteroatoms. The summed E-state index contributed by atoms with van der Waals surface area (Å²) in [5.74, 6) is 1.05. The predicted molar refractivity (Wildman–Crippen MR) is 124 cm³/mol. The van der Waals surface area contributed by atoms with E-state index in [9.17, 15) is 4.79 Å².